The second-order valence-corrected chi connectivity index (χ2v) is 6.72. The number of rotatable bonds is 5. The van der Waals surface area contributed by atoms with Gasteiger partial charge in [-0.25, -0.2) is 4.98 Å². The van der Waals surface area contributed by atoms with Gasteiger partial charge in [0.25, 0.3) is 0 Å². The lowest BCUT2D eigenvalue weighted by molar-refractivity contribution is 0.183. The van der Waals surface area contributed by atoms with Crippen LogP contribution in [0.15, 0.2) is 5.38 Å². The van der Waals surface area contributed by atoms with Gasteiger partial charge < -0.3 is 0 Å². The largest absolute Gasteiger partial charge is 0.293 e. The minimum Gasteiger partial charge on any atom is -0.293 e. The zero-order valence-electron chi connectivity index (χ0n) is 10.4. The maximum absolute atomic E-state index is 5.82. The van der Waals surface area contributed by atoms with E-state index in [1.165, 1.54) is 22.9 Å². The van der Waals surface area contributed by atoms with Crippen LogP contribution in [-0.4, -0.2) is 34.5 Å². The minimum atomic E-state index is 0.459. The zero-order valence-corrected chi connectivity index (χ0v) is 12.7. The van der Waals surface area contributed by atoms with Crippen LogP contribution >= 0.6 is 34.7 Å². The van der Waals surface area contributed by atoms with E-state index in [1.54, 1.807) is 11.3 Å². The Balaban J connectivity index is 2.08. The van der Waals surface area contributed by atoms with Crippen molar-refractivity contribution in [1.82, 2.24) is 9.88 Å². The zero-order chi connectivity index (χ0) is 12.3. The Bertz CT molecular complexity index is 350. The van der Waals surface area contributed by atoms with E-state index < -0.39 is 0 Å². The van der Waals surface area contributed by atoms with Crippen LogP contribution in [0.5, 0.6) is 0 Å². The van der Waals surface area contributed by atoms with Crippen LogP contribution in [0.4, 0.5) is 0 Å². The predicted octanol–water partition coefficient (Wildman–Crippen LogP) is 3.77. The molecule has 0 saturated carbocycles. The van der Waals surface area contributed by atoms with Crippen LogP contribution in [0.3, 0.4) is 0 Å². The summed E-state index contributed by atoms with van der Waals surface area (Å²) >= 11 is 9.64. The Labute approximate surface area is 117 Å². The van der Waals surface area contributed by atoms with Crippen molar-refractivity contribution in [3.63, 3.8) is 0 Å². The van der Waals surface area contributed by atoms with E-state index in [2.05, 4.69) is 41.0 Å². The summed E-state index contributed by atoms with van der Waals surface area (Å²) in [4.78, 5) is 7.14. The molecule has 2 rings (SSSR count). The molecule has 0 spiro atoms. The summed E-state index contributed by atoms with van der Waals surface area (Å²) in [5, 5.41) is 3.31. The molecule has 1 aliphatic heterocycles. The summed E-state index contributed by atoms with van der Waals surface area (Å²) in [6, 6.07) is 1.17. The van der Waals surface area contributed by atoms with Gasteiger partial charge in [-0.2, -0.15) is 11.8 Å². The average Bonchev–Trinajstić information content (AvgIpc) is 3.01. The molecule has 0 aromatic carbocycles. The molecule has 0 bridgehead atoms. The van der Waals surface area contributed by atoms with Gasteiger partial charge in [0.05, 0.1) is 17.6 Å². The summed E-state index contributed by atoms with van der Waals surface area (Å²) in [6.45, 7) is 2.24. The van der Waals surface area contributed by atoms with Crippen molar-refractivity contribution in [2.24, 2.45) is 0 Å². The highest BCUT2D eigenvalue weighted by Gasteiger charge is 2.27. The van der Waals surface area contributed by atoms with Gasteiger partial charge in [-0.1, -0.05) is 6.92 Å². The highest BCUT2D eigenvalue weighted by Crippen LogP contribution is 2.32. The number of hydrogen-bond donors (Lipinski definition) is 0. The monoisotopic (exact) mass is 290 g/mol. The molecule has 1 fully saturated rings. The molecule has 1 aromatic heterocycles. The van der Waals surface area contributed by atoms with Gasteiger partial charge in [0.2, 0.25) is 0 Å². The fourth-order valence-electron chi connectivity index (χ4n) is 2.27. The maximum atomic E-state index is 5.82. The lowest BCUT2D eigenvalue weighted by atomic mass is 10.1. The SMILES string of the molecule is CCC(c1nc(CCl)cs1)N(C)C1CCSC1. The third-order valence-corrected chi connectivity index (χ3v) is 5.76. The number of thioether (sulfide) groups is 1. The summed E-state index contributed by atoms with van der Waals surface area (Å²) in [6.07, 6.45) is 2.43. The number of halogens is 1. The minimum absolute atomic E-state index is 0.459. The Kier molecular flexibility index (Phi) is 5.15. The molecule has 0 radical (unpaired) electrons. The standard InChI is InChI=1S/C12H19ClN2S2/c1-3-11(12-14-9(6-13)7-17-12)15(2)10-4-5-16-8-10/h7,10-11H,3-6,8H2,1-2H3. The first-order valence-corrected chi connectivity index (χ1v) is 8.63. The molecule has 2 atom stereocenters. The molecule has 2 nitrogen and oxygen atoms in total. The van der Waals surface area contributed by atoms with Crippen molar-refractivity contribution in [3.8, 4) is 0 Å². The van der Waals surface area contributed by atoms with Crippen LogP contribution in [0, 0.1) is 0 Å². The Morgan fingerprint density at radius 2 is 2.47 bits per heavy atom. The van der Waals surface area contributed by atoms with E-state index in [-0.39, 0.29) is 0 Å². The second kappa shape index (κ2) is 6.41. The third kappa shape index (κ3) is 3.16. The number of thiazole rings is 1. The van der Waals surface area contributed by atoms with E-state index >= 15 is 0 Å². The fraction of sp³-hybridized carbons (Fsp3) is 0.750. The first-order valence-electron chi connectivity index (χ1n) is 6.06. The van der Waals surface area contributed by atoms with Gasteiger partial charge in [0, 0.05) is 17.2 Å². The van der Waals surface area contributed by atoms with E-state index in [0.29, 0.717) is 18.0 Å². The molecule has 0 amide bonds. The molecular formula is C12H19ClN2S2. The normalized spacial score (nSPS) is 22.2. The van der Waals surface area contributed by atoms with Crippen LogP contribution < -0.4 is 0 Å². The van der Waals surface area contributed by atoms with Crippen LogP contribution in [0.2, 0.25) is 0 Å². The number of alkyl halides is 1. The van der Waals surface area contributed by atoms with Gasteiger partial charge in [0.1, 0.15) is 5.01 Å². The van der Waals surface area contributed by atoms with Crippen LogP contribution in [-0.2, 0) is 5.88 Å². The van der Waals surface area contributed by atoms with Gasteiger partial charge in [-0.05, 0) is 25.6 Å². The summed E-state index contributed by atoms with van der Waals surface area (Å²) in [5.41, 5.74) is 1.01. The molecule has 0 N–H and O–H groups in total. The lowest BCUT2D eigenvalue weighted by Crippen LogP contribution is -2.34. The van der Waals surface area contributed by atoms with Crippen molar-refractivity contribution in [2.45, 2.75) is 37.7 Å². The average molecular weight is 291 g/mol. The molecule has 2 unspecified atom stereocenters. The van der Waals surface area contributed by atoms with Gasteiger partial charge in [-0.3, -0.25) is 4.90 Å². The molecule has 5 heteroatoms. The van der Waals surface area contributed by atoms with E-state index in [1.807, 2.05) is 0 Å². The molecule has 1 aromatic rings. The Morgan fingerprint density at radius 1 is 1.65 bits per heavy atom. The molecular weight excluding hydrogens is 272 g/mol. The van der Waals surface area contributed by atoms with Gasteiger partial charge in [0.15, 0.2) is 0 Å². The smallest absolute Gasteiger partial charge is 0.110 e. The first kappa shape index (κ1) is 13.7. The van der Waals surface area contributed by atoms with Crippen LogP contribution in [0.25, 0.3) is 0 Å². The van der Waals surface area contributed by atoms with E-state index in [0.717, 1.165) is 12.1 Å². The van der Waals surface area contributed by atoms with Crippen molar-refractivity contribution >= 4 is 34.7 Å². The van der Waals surface area contributed by atoms with Crippen molar-refractivity contribution in [1.29, 1.82) is 0 Å². The van der Waals surface area contributed by atoms with Crippen molar-refractivity contribution < 1.29 is 0 Å². The molecule has 0 aliphatic carbocycles. The molecule has 96 valence electrons. The molecule has 2 heterocycles. The topological polar surface area (TPSA) is 16.1 Å². The number of nitrogens with zero attached hydrogens (tertiary/aromatic N) is 2. The van der Waals surface area contributed by atoms with Crippen LogP contribution in [0.1, 0.15) is 36.5 Å². The maximum Gasteiger partial charge on any atom is 0.110 e. The molecule has 17 heavy (non-hydrogen) atoms. The van der Waals surface area contributed by atoms with E-state index in [9.17, 15) is 0 Å². The first-order chi connectivity index (χ1) is 8.26. The van der Waals surface area contributed by atoms with Gasteiger partial charge >= 0.3 is 0 Å². The Hall–Kier alpha value is 0.230. The lowest BCUT2D eigenvalue weighted by Gasteiger charge is -2.30. The third-order valence-electron chi connectivity index (χ3n) is 3.35. The number of hydrogen-bond acceptors (Lipinski definition) is 4. The van der Waals surface area contributed by atoms with Gasteiger partial charge in [-0.15, -0.1) is 22.9 Å². The molecule has 1 aliphatic rings. The summed E-state index contributed by atoms with van der Waals surface area (Å²) < 4.78 is 0. The van der Waals surface area contributed by atoms with E-state index in [4.69, 9.17) is 11.6 Å². The quantitative estimate of drug-likeness (QED) is 0.768. The Morgan fingerprint density at radius 3 is 3.00 bits per heavy atom. The highest BCUT2D eigenvalue weighted by atomic mass is 35.5. The highest BCUT2D eigenvalue weighted by molar-refractivity contribution is 7.99. The summed E-state index contributed by atoms with van der Waals surface area (Å²) in [7, 11) is 2.24. The van der Waals surface area contributed by atoms with Crippen molar-refractivity contribution in [2.75, 3.05) is 18.6 Å². The predicted molar refractivity (Wildman–Crippen MR) is 78.2 cm³/mol. The molecule has 1 saturated heterocycles. The fourth-order valence-corrected chi connectivity index (χ4v) is 4.83. The summed E-state index contributed by atoms with van der Waals surface area (Å²) in [5.74, 6) is 3.09. The number of aromatic nitrogens is 1. The van der Waals surface area contributed by atoms with Crippen molar-refractivity contribution in [3.05, 3.63) is 16.1 Å². The second-order valence-electron chi connectivity index (χ2n) is 4.42.